The lowest BCUT2D eigenvalue weighted by Gasteiger charge is -1.98. The minimum atomic E-state index is -0.670. The van der Waals surface area contributed by atoms with Crippen molar-refractivity contribution in [1.29, 1.82) is 0 Å². The van der Waals surface area contributed by atoms with E-state index in [1.165, 1.54) is 0 Å². The number of ether oxygens (including phenoxy) is 1. The van der Waals surface area contributed by atoms with Crippen molar-refractivity contribution in [3.8, 4) is 0 Å². The standard InChI is InChI=1S/C9H9NO4/c1-3-7(11)14-4-6-5(2)8(12)10-9(6)13/h3-5H,1H2,2H3,(H,10,12,13). The maximum atomic E-state index is 11.1. The summed E-state index contributed by atoms with van der Waals surface area (Å²) in [6.07, 6.45) is 1.95. The van der Waals surface area contributed by atoms with Crippen LogP contribution < -0.4 is 5.32 Å². The first-order valence-electron chi connectivity index (χ1n) is 3.94. The van der Waals surface area contributed by atoms with Crippen LogP contribution in [0.15, 0.2) is 24.5 Å². The number of rotatable bonds is 2. The van der Waals surface area contributed by atoms with Crippen molar-refractivity contribution in [3.63, 3.8) is 0 Å². The molecule has 74 valence electrons. The molecular formula is C9H9NO4. The first-order valence-corrected chi connectivity index (χ1v) is 3.94. The predicted molar refractivity (Wildman–Crippen MR) is 46.7 cm³/mol. The van der Waals surface area contributed by atoms with E-state index in [1.54, 1.807) is 6.92 Å². The fourth-order valence-electron chi connectivity index (χ4n) is 0.955. The van der Waals surface area contributed by atoms with E-state index in [0.717, 1.165) is 12.3 Å². The maximum Gasteiger partial charge on any atom is 0.334 e. The third-order valence-electron chi connectivity index (χ3n) is 1.83. The summed E-state index contributed by atoms with van der Waals surface area (Å²) in [5, 5.41) is 2.10. The molecule has 0 aromatic heterocycles. The van der Waals surface area contributed by atoms with Gasteiger partial charge in [0.15, 0.2) is 0 Å². The summed E-state index contributed by atoms with van der Waals surface area (Å²) < 4.78 is 4.53. The van der Waals surface area contributed by atoms with Gasteiger partial charge in [0.2, 0.25) is 5.91 Å². The molecular weight excluding hydrogens is 186 g/mol. The number of imide groups is 1. The zero-order valence-corrected chi connectivity index (χ0v) is 7.57. The summed E-state index contributed by atoms with van der Waals surface area (Å²) in [4.78, 5) is 32.7. The van der Waals surface area contributed by atoms with Crippen molar-refractivity contribution in [1.82, 2.24) is 5.32 Å². The highest BCUT2D eigenvalue weighted by molar-refractivity contribution is 6.14. The largest absolute Gasteiger partial charge is 0.431 e. The minimum Gasteiger partial charge on any atom is -0.431 e. The van der Waals surface area contributed by atoms with E-state index in [4.69, 9.17) is 0 Å². The SMILES string of the molecule is C=CC(=O)OC=C1C(=O)NC(=O)C1C. The van der Waals surface area contributed by atoms with Gasteiger partial charge < -0.3 is 4.74 Å². The lowest BCUT2D eigenvalue weighted by molar-refractivity contribution is -0.132. The van der Waals surface area contributed by atoms with Crippen LogP contribution in [0.4, 0.5) is 0 Å². The third kappa shape index (κ3) is 1.87. The normalized spacial score (nSPS) is 23.5. The van der Waals surface area contributed by atoms with E-state index in [9.17, 15) is 14.4 Å². The monoisotopic (exact) mass is 195 g/mol. The predicted octanol–water partition coefficient (Wildman–Crippen LogP) is -0.108. The minimum absolute atomic E-state index is 0.144. The molecule has 0 aromatic rings. The van der Waals surface area contributed by atoms with Crippen LogP contribution in [0.25, 0.3) is 0 Å². The fourth-order valence-corrected chi connectivity index (χ4v) is 0.955. The van der Waals surface area contributed by atoms with Gasteiger partial charge >= 0.3 is 5.97 Å². The Morgan fingerprint density at radius 2 is 2.21 bits per heavy atom. The quantitative estimate of drug-likeness (QED) is 0.289. The van der Waals surface area contributed by atoms with Gasteiger partial charge in [0.25, 0.3) is 5.91 Å². The molecule has 0 radical (unpaired) electrons. The fraction of sp³-hybridized carbons (Fsp3) is 0.222. The number of nitrogens with one attached hydrogen (secondary N) is 1. The second kappa shape index (κ2) is 3.87. The zero-order valence-electron chi connectivity index (χ0n) is 7.57. The molecule has 5 heteroatoms. The van der Waals surface area contributed by atoms with Crippen molar-refractivity contribution in [2.45, 2.75) is 6.92 Å². The zero-order chi connectivity index (χ0) is 10.7. The van der Waals surface area contributed by atoms with Crippen LogP contribution >= 0.6 is 0 Å². The van der Waals surface area contributed by atoms with Gasteiger partial charge in [-0.3, -0.25) is 14.9 Å². The molecule has 1 atom stereocenters. The lowest BCUT2D eigenvalue weighted by atomic mass is 10.1. The van der Waals surface area contributed by atoms with Crippen LogP contribution in [0.3, 0.4) is 0 Å². The molecule has 5 nitrogen and oxygen atoms in total. The van der Waals surface area contributed by atoms with Gasteiger partial charge in [0.05, 0.1) is 11.5 Å². The summed E-state index contributed by atoms with van der Waals surface area (Å²) in [6, 6.07) is 0. The highest BCUT2D eigenvalue weighted by Crippen LogP contribution is 2.17. The Hall–Kier alpha value is -1.91. The summed E-state index contributed by atoms with van der Waals surface area (Å²) in [6.45, 7) is 4.74. The van der Waals surface area contributed by atoms with Gasteiger partial charge in [0.1, 0.15) is 6.26 Å². The second-order valence-electron chi connectivity index (χ2n) is 2.75. The molecule has 1 aliphatic rings. The van der Waals surface area contributed by atoms with Gasteiger partial charge in [-0.15, -0.1) is 0 Å². The van der Waals surface area contributed by atoms with Crippen molar-refractivity contribution in [3.05, 3.63) is 24.5 Å². The van der Waals surface area contributed by atoms with Gasteiger partial charge in [-0.05, 0) is 6.92 Å². The maximum absolute atomic E-state index is 11.1. The summed E-state index contributed by atoms with van der Waals surface area (Å²) >= 11 is 0. The molecule has 0 spiro atoms. The smallest absolute Gasteiger partial charge is 0.334 e. The summed E-state index contributed by atoms with van der Waals surface area (Å²) in [7, 11) is 0. The molecule has 1 rings (SSSR count). The highest BCUT2D eigenvalue weighted by Gasteiger charge is 2.33. The van der Waals surface area contributed by atoms with Crippen LogP contribution in [-0.4, -0.2) is 17.8 Å². The Balaban J connectivity index is 2.76. The molecule has 1 N–H and O–H groups in total. The van der Waals surface area contributed by atoms with E-state index in [0.29, 0.717) is 0 Å². The van der Waals surface area contributed by atoms with Gasteiger partial charge in [-0.25, -0.2) is 4.79 Å². The molecule has 1 aliphatic heterocycles. The number of esters is 1. The Morgan fingerprint density at radius 1 is 1.57 bits per heavy atom. The van der Waals surface area contributed by atoms with E-state index in [2.05, 4.69) is 16.6 Å². The average molecular weight is 195 g/mol. The molecule has 0 aromatic carbocycles. The average Bonchev–Trinajstić information content (AvgIpc) is 2.39. The first-order chi connectivity index (χ1) is 6.56. The molecule has 0 bridgehead atoms. The molecule has 14 heavy (non-hydrogen) atoms. The number of amides is 2. The summed E-state index contributed by atoms with van der Waals surface area (Å²) in [5.74, 6) is -2.17. The molecule has 1 heterocycles. The van der Waals surface area contributed by atoms with E-state index < -0.39 is 23.7 Å². The third-order valence-corrected chi connectivity index (χ3v) is 1.83. The highest BCUT2D eigenvalue weighted by atomic mass is 16.5. The van der Waals surface area contributed by atoms with Gasteiger partial charge in [-0.1, -0.05) is 6.58 Å². The molecule has 1 fully saturated rings. The first kappa shape index (κ1) is 10.2. The van der Waals surface area contributed by atoms with Crippen LogP contribution in [0.1, 0.15) is 6.92 Å². The molecule has 2 amide bonds. The molecule has 1 unspecified atom stereocenters. The molecule has 1 saturated heterocycles. The number of carbonyl (C=O) groups excluding carboxylic acids is 3. The second-order valence-corrected chi connectivity index (χ2v) is 2.75. The summed E-state index contributed by atoms with van der Waals surface area (Å²) in [5.41, 5.74) is 0.144. The van der Waals surface area contributed by atoms with Gasteiger partial charge in [-0.2, -0.15) is 0 Å². The van der Waals surface area contributed by atoms with E-state index in [1.807, 2.05) is 0 Å². The Morgan fingerprint density at radius 3 is 2.64 bits per heavy atom. The lowest BCUT2D eigenvalue weighted by Crippen LogP contribution is -2.21. The molecule has 0 saturated carbocycles. The Bertz CT molecular complexity index is 343. The van der Waals surface area contributed by atoms with Crippen molar-refractivity contribution in [2.24, 2.45) is 5.92 Å². The topological polar surface area (TPSA) is 72.5 Å². The number of hydrogen-bond acceptors (Lipinski definition) is 4. The van der Waals surface area contributed by atoms with Crippen molar-refractivity contribution in [2.75, 3.05) is 0 Å². The van der Waals surface area contributed by atoms with Gasteiger partial charge in [0, 0.05) is 6.08 Å². The Kier molecular flexibility index (Phi) is 2.81. The van der Waals surface area contributed by atoms with E-state index >= 15 is 0 Å². The van der Waals surface area contributed by atoms with Crippen LogP contribution in [-0.2, 0) is 19.1 Å². The van der Waals surface area contributed by atoms with Crippen LogP contribution in [0.5, 0.6) is 0 Å². The molecule has 0 aliphatic carbocycles. The number of hydrogen-bond donors (Lipinski definition) is 1. The van der Waals surface area contributed by atoms with Crippen LogP contribution in [0.2, 0.25) is 0 Å². The Labute approximate surface area is 80.4 Å². The van der Waals surface area contributed by atoms with Crippen molar-refractivity contribution < 1.29 is 19.1 Å². The van der Waals surface area contributed by atoms with Crippen molar-refractivity contribution >= 4 is 17.8 Å². The number of carbonyl (C=O) groups is 3. The van der Waals surface area contributed by atoms with E-state index in [-0.39, 0.29) is 5.57 Å². The van der Waals surface area contributed by atoms with Crippen LogP contribution in [0, 0.1) is 5.92 Å².